The van der Waals surface area contributed by atoms with Gasteiger partial charge in [-0.1, -0.05) is 13.0 Å². The Balaban J connectivity index is 1.95. The van der Waals surface area contributed by atoms with E-state index in [2.05, 4.69) is 12.2 Å². The number of benzene rings is 1. The zero-order chi connectivity index (χ0) is 13.0. The third-order valence-electron chi connectivity index (χ3n) is 3.39. The summed E-state index contributed by atoms with van der Waals surface area (Å²) in [5.41, 5.74) is 0.843. The minimum atomic E-state index is -0.370. The highest BCUT2D eigenvalue weighted by Crippen LogP contribution is 2.18. The van der Waals surface area contributed by atoms with Crippen LogP contribution in [0.3, 0.4) is 0 Å². The van der Waals surface area contributed by atoms with E-state index in [4.69, 9.17) is 10.00 Å². The van der Waals surface area contributed by atoms with Crippen LogP contribution in [0.4, 0.5) is 4.39 Å². The molecule has 1 aromatic rings. The average molecular weight is 248 g/mol. The average Bonchev–Trinajstić information content (AvgIpc) is 2.39. The van der Waals surface area contributed by atoms with Crippen molar-refractivity contribution in [1.82, 2.24) is 5.32 Å². The maximum Gasteiger partial charge on any atom is 0.130 e. The molecule has 2 atom stereocenters. The van der Waals surface area contributed by atoms with E-state index < -0.39 is 0 Å². The molecule has 96 valence electrons. The Morgan fingerprint density at radius 1 is 1.56 bits per heavy atom. The quantitative estimate of drug-likeness (QED) is 0.892. The minimum Gasteiger partial charge on any atom is -0.372 e. The third kappa shape index (κ3) is 3.06. The van der Waals surface area contributed by atoms with Gasteiger partial charge in [0.15, 0.2) is 0 Å². The first-order chi connectivity index (χ1) is 8.70. The van der Waals surface area contributed by atoms with Crippen LogP contribution >= 0.6 is 0 Å². The fourth-order valence-electron chi connectivity index (χ4n) is 2.12. The maximum atomic E-state index is 13.6. The van der Waals surface area contributed by atoms with E-state index in [0.717, 1.165) is 19.5 Å². The van der Waals surface area contributed by atoms with Gasteiger partial charge < -0.3 is 10.1 Å². The fourth-order valence-corrected chi connectivity index (χ4v) is 2.12. The summed E-state index contributed by atoms with van der Waals surface area (Å²) in [5, 5.41) is 11.9. The van der Waals surface area contributed by atoms with Crippen molar-refractivity contribution in [2.45, 2.75) is 26.1 Å². The monoisotopic (exact) mass is 248 g/mol. The molecule has 1 aromatic carbocycles. The number of ether oxygens (including phenoxy) is 1. The lowest BCUT2D eigenvalue weighted by Gasteiger charge is -2.29. The Morgan fingerprint density at radius 3 is 3.06 bits per heavy atom. The Labute approximate surface area is 107 Å². The summed E-state index contributed by atoms with van der Waals surface area (Å²) in [7, 11) is 0. The molecular weight excluding hydrogens is 231 g/mol. The number of nitriles is 1. The van der Waals surface area contributed by atoms with Gasteiger partial charge in [-0.15, -0.1) is 0 Å². The van der Waals surface area contributed by atoms with Crippen molar-refractivity contribution >= 4 is 0 Å². The van der Waals surface area contributed by atoms with Crippen molar-refractivity contribution in [2.75, 3.05) is 13.1 Å². The number of halogens is 1. The smallest absolute Gasteiger partial charge is 0.130 e. The molecule has 0 aromatic heterocycles. The standard InChI is InChI=1S/C14H17FN2O/c1-10-4-5-17-8-14(10)18-9-12-3-2-11(7-16)6-13(12)15/h2-3,6,10,14,17H,4-5,8-9H2,1H3. The van der Waals surface area contributed by atoms with E-state index >= 15 is 0 Å². The van der Waals surface area contributed by atoms with Crippen LogP contribution < -0.4 is 5.32 Å². The molecule has 0 spiro atoms. The van der Waals surface area contributed by atoms with Crippen molar-refractivity contribution in [3.63, 3.8) is 0 Å². The largest absolute Gasteiger partial charge is 0.372 e. The van der Waals surface area contributed by atoms with Crippen LogP contribution in [0.25, 0.3) is 0 Å². The topological polar surface area (TPSA) is 45.0 Å². The Hall–Kier alpha value is -1.44. The molecule has 0 aliphatic carbocycles. The van der Waals surface area contributed by atoms with Gasteiger partial charge in [0.2, 0.25) is 0 Å². The molecule has 2 unspecified atom stereocenters. The van der Waals surface area contributed by atoms with Gasteiger partial charge >= 0.3 is 0 Å². The Morgan fingerprint density at radius 2 is 2.39 bits per heavy atom. The molecular formula is C14H17FN2O. The maximum absolute atomic E-state index is 13.6. The van der Waals surface area contributed by atoms with Gasteiger partial charge in [0, 0.05) is 12.1 Å². The Kier molecular flexibility index (Phi) is 4.29. The van der Waals surface area contributed by atoms with Gasteiger partial charge in [0.1, 0.15) is 5.82 Å². The second-order valence-corrected chi connectivity index (χ2v) is 4.74. The molecule has 18 heavy (non-hydrogen) atoms. The van der Waals surface area contributed by atoms with E-state index in [1.807, 2.05) is 6.07 Å². The highest BCUT2D eigenvalue weighted by atomic mass is 19.1. The number of nitrogens with one attached hydrogen (secondary N) is 1. The van der Waals surface area contributed by atoms with E-state index in [1.165, 1.54) is 6.07 Å². The summed E-state index contributed by atoms with van der Waals surface area (Å²) in [5.74, 6) is 0.123. The van der Waals surface area contributed by atoms with Crippen molar-refractivity contribution in [1.29, 1.82) is 5.26 Å². The molecule has 1 heterocycles. The summed E-state index contributed by atoms with van der Waals surface area (Å²) in [4.78, 5) is 0. The summed E-state index contributed by atoms with van der Waals surface area (Å²) < 4.78 is 19.4. The molecule has 1 aliphatic rings. The lowest BCUT2D eigenvalue weighted by molar-refractivity contribution is -0.00765. The SMILES string of the molecule is CC1CCNCC1OCc1ccc(C#N)cc1F. The van der Waals surface area contributed by atoms with Crippen LogP contribution in [-0.4, -0.2) is 19.2 Å². The van der Waals surface area contributed by atoms with Crippen molar-refractivity contribution in [3.05, 3.63) is 35.1 Å². The zero-order valence-electron chi connectivity index (χ0n) is 10.4. The molecule has 0 saturated carbocycles. The number of hydrogen-bond donors (Lipinski definition) is 1. The van der Waals surface area contributed by atoms with Gasteiger partial charge in [0.25, 0.3) is 0 Å². The molecule has 2 rings (SSSR count). The number of piperidine rings is 1. The van der Waals surface area contributed by atoms with Crippen LogP contribution in [0, 0.1) is 23.1 Å². The number of rotatable bonds is 3. The van der Waals surface area contributed by atoms with Crippen LogP contribution in [0.2, 0.25) is 0 Å². The summed E-state index contributed by atoms with van der Waals surface area (Å²) in [6.45, 7) is 4.25. The van der Waals surface area contributed by atoms with Crippen LogP contribution in [0.1, 0.15) is 24.5 Å². The highest BCUT2D eigenvalue weighted by Gasteiger charge is 2.21. The number of nitrogens with zero attached hydrogens (tertiary/aromatic N) is 1. The van der Waals surface area contributed by atoms with Gasteiger partial charge in [-0.05, 0) is 31.0 Å². The van der Waals surface area contributed by atoms with Gasteiger partial charge in [-0.25, -0.2) is 4.39 Å². The predicted molar refractivity (Wildman–Crippen MR) is 66.3 cm³/mol. The van der Waals surface area contributed by atoms with Gasteiger partial charge in [-0.3, -0.25) is 0 Å². The van der Waals surface area contributed by atoms with Crippen LogP contribution in [0.15, 0.2) is 18.2 Å². The first-order valence-corrected chi connectivity index (χ1v) is 6.21. The summed E-state index contributed by atoms with van der Waals surface area (Å²) in [6.07, 6.45) is 1.22. The lowest BCUT2D eigenvalue weighted by Crippen LogP contribution is -2.40. The molecule has 4 heteroatoms. The molecule has 1 aliphatic heterocycles. The first kappa shape index (κ1) is 13.0. The van der Waals surface area contributed by atoms with E-state index in [1.54, 1.807) is 12.1 Å². The molecule has 1 N–H and O–H groups in total. The van der Waals surface area contributed by atoms with E-state index in [0.29, 0.717) is 17.0 Å². The summed E-state index contributed by atoms with van der Waals surface area (Å²) >= 11 is 0. The van der Waals surface area contributed by atoms with Crippen molar-refractivity contribution in [3.8, 4) is 6.07 Å². The van der Waals surface area contributed by atoms with Gasteiger partial charge in [-0.2, -0.15) is 5.26 Å². The fraction of sp³-hybridized carbons (Fsp3) is 0.500. The molecule has 0 amide bonds. The summed E-state index contributed by atoms with van der Waals surface area (Å²) in [6, 6.07) is 6.40. The molecule has 1 fully saturated rings. The second-order valence-electron chi connectivity index (χ2n) is 4.74. The van der Waals surface area contributed by atoms with Crippen molar-refractivity contribution < 1.29 is 9.13 Å². The second kappa shape index (κ2) is 5.94. The third-order valence-corrected chi connectivity index (χ3v) is 3.39. The molecule has 0 bridgehead atoms. The van der Waals surface area contributed by atoms with E-state index in [-0.39, 0.29) is 18.5 Å². The van der Waals surface area contributed by atoms with Crippen LogP contribution in [0.5, 0.6) is 0 Å². The normalized spacial score (nSPS) is 23.6. The Bertz CT molecular complexity index is 456. The van der Waals surface area contributed by atoms with Gasteiger partial charge in [0.05, 0.1) is 24.3 Å². The predicted octanol–water partition coefficient (Wildman–Crippen LogP) is 2.21. The molecule has 1 saturated heterocycles. The van der Waals surface area contributed by atoms with E-state index in [9.17, 15) is 4.39 Å². The molecule has 3 nitrogen and oxygen atoms in total. The van der Waals surface area contributed by atoms with Crippen LogP contribution in [-0.2, 0) is 11.3 Å². The highest BCUT2D eigenvalue weighted by molar-refractivity contribution is 5.32. The first-order valence-electron chi connectivity index (χ1n) is 6.21. The van der Waals surface area contributed by atoms with Crippen molar-refractivity contribution in [2.24, 2.45) is 5.92 Å². The lowest BCUT2D eigenvalue weighted by atomic mass is 9.97. The zero-order valence-corrected chi connectivity index (χ0v) is 10.4. The minimum absolute atomic E-state index is 0.133. The molecule has 0 radical (unpaired) electrons. The number of hydrogen-bond acceptors (Lipinski definition) is 3.